The summed E-state index contributed by atoms with van der Waals surface area (Å²) in [6, 6.07) is 1.57. The van der Waals surface area contributed by atoms with Gasteiger partial charge in [0.25, 0.3) is 0 Å². The number of aliphatic hydroxyl groups is 1. The zero-order chi connectivity index (χ0) is 15.3. The quantitative estimate of drug-likeness (QED) is 0.744. The van der Waals surface area contributed by atoms with E-state index in [1.54, 1.807) is 0 Å². The van der Waals surface area contributed by atoms with Crippen molar-refractivity contribution >= 4 is 0 Å². The Morgan fingerprint density at radius 3 is 2.50 bits per heavy atom. The Balaban J connectivity index is 2.57. The number of likely N-dealkylation sites (tertiary alicyclic amines) is 1. The van der Waals surface area contributed by atoms with E-state index in [0.717, 1.165) is 13.0 Å². The molecule has 1 rings (SSSR count). The molecule has 3 unspecified atom stereocenters. The third kappa shape index (κ3) is 5.32. The predicted molar refractivity (Wildman–Crippen MR) is 86.1 cm³/mol. The largest absolute Gasteiger partial charge is 0.394 e. The van der Waals surface area contributed by atoms with Crippen molar-refractivity contribution in [3.8, 4) is 0 Å². The summed E-state index contributed by atoms with van der Waals surface area (Å²) in [4.78, 5) is 4.93. The lowest BCUT2D eigenvalue weighted by molar-refractivity contribution is 0.0687. The molecule has 4 heteroatoms. The Kier molecular flexibility index (Phi) is 6.92. The van der Waals surface area contributed by atoms with Gasteiger partial charge < -0.3 is 15.3 Å². The molecule has 2 N–H and O–H groups in total. The van der Waals surface area contributed by atoms with E-state index in [9.17, 15) is 5.11 Å². The highest BCUT2D eigenvalue weighted by molar-refractivity contribution is 4.90. The van der Waals surface area contributed by atoms with Gasteiger partial charge in [-0.1, -0.05) is 13.8 Å². The Hall–Kier alpha value is -0.160. The second-order valence-corrected chi connectivity index (χ2v) is 7.33. The van der Waals surface area contributed by atoms with Crippen molar-refractivity contribution in [3.63, 3.8) is 0 Å². The van der Waals surface area contributed by atoms with Gasteiger partial charge in [0.15, 0.2) is 0 Å². The van der Waals surface area contributed by atoms with Crippen molar-refractivity contribution in [2.24, 2.45) is 0 Å². The number of likely N-dealkylation sites (N-methyl/N-ethyl adjacent to an activating group) is 1. The number of aliphatic hydroxyl groups excluding tert-OH is 1. The van der Waals surface area contributed by atoms with Crippen LogP contribution in [0.1, 0.15) is 47.0 Å². The molecule has 0 aromatic heterocycles. The highest BCUT2D eigenvalue weighted by Crippen LogP contribution is 2.22. The van der Waals surface area contributed by atoms with Crippen molar-refractivity contribution in [1.29, 1.82) is 0 Å². The first kappa shape index (κ1) is 17.9. The number of hydrogen-bond donors (Lipinski definition) is 2. The van der Waals surface area contributed by atoms with Gasteiger partial charge in [0.2, 0.25) is 0 Å². The van der Waals surface area contributed by atoms with Crippen LogP contribution in [-0.2, 0) is 0 Å². The van der Waals surface area contributed by atoms with Gasteiger partial charge in [-0.15, -0.1) is 0 Å². The molecule has 0 bridgehead atoms. The lowest BCUT2D eigenvalue weighted by Crippen LogP contribution is -2.55. The van der Waals surface area contributed by atoms with Crippen LogP contribution in [0.4, 0.5) is 0 Å². The molecule has 120 valence electrons. The first-order valence-electron chi connectivity index (χ1n) is 8.06. The van der Waals surface area contributed by atoms with Crippen molar-refractivity contribution in [2.45, 2.75) is 70.6 Å². The molecule has 0 radical (unpaired) electrons. The van der Waals surface area contributed by atoms with E-state index in [-0.39, 0.29) is 12.1 Å². The second kappa shape index (κ2) is 7.74. The average molecular weight is 285 g/mol. The van der Waals surface area contributed by atoms with Crippen LogP contribution in [0.5, 0.6) is 0 Å². The molecular formula is C16H35N3O. The van der Waals surface area contributed by atoms with Gasteiger partial charge in [0, 0.05) is 30.2 Å². The fourth-order valence-corrected chi connectivity index (χ4v) is 3.45. The first-order valence-corrected chi connectivity index (χ1v) is 8.06. The molecule has 0 aromatic rings. The third-order valence-corrected chi connectivity index (χ3v) is 4.51. The minimum absolute atomic E-state index is 0.182. The monoisotopic (exact) mass is 285 g/mol. The molecule has 0 aliphatic carbocycles. The van der Waals surface area contributed by atoms with E-state index in [1.807, 2.05) is 0 Å². The second-order valence-electron chi connectivity index (χ2n) is 7.33. The van der Waals surface area contributed by atoms with Gasteiger partial charge in [-0.05, 0) is 53.8 Å². The van der Waals surface area contributed by atoms with Crippen molar-refractivity contribution < 1.29 is 5.11 Å². The maximum Gasteiger partial charge on any atom is 0.0611 e. The molecule has 0 saturated carbocycles. The highest BCUT2D eigenvalue weighted by Gasteiger charge is 2.31. The molecule has 1 aliphatic heterocycles. The number of nitrogens with zero attached hydrogens (tertiary/aromatic N) is 2. The minimum atomic E-state index is -0.182. The van der Waals surface area contributed by atoms with Crippen LogP contribution in [0, 0.1) is 0 Å². The van der Waals surface area contributed by atoms with Crippen LogP contribution in [0.3, 0.4) is 0 Å². The number of hydrogen-bond acceptors (Lipinski definition) is 4. The molecule has 1 heterocycles. The van der Waals surface area contributed by atoms with E-state index >= 15 is 0 Å². The summed E-state index contributed by atoms with van der Waals surface area (Å²) >= 11 is 0. The summed E-state index contributed by atoms with van der Waals surface area (Å²) in [7, 11) is 4.36. The average Bonchev–Trinajstić information content (AvgIpc) is 2.37. The summed E-state index contributed by atoms with van der Waals surface area (Å²) in [5.74, 6) is 0. The van der Waals surface area contributed by atoms with Crippen LogP contribution >= 0.6 is 0 Å². The normalized spacial score (nSPS) is 25.9. The molecule has 1 saturated heterocycles. The summed E-state index contributed by atoms with van der Waals surface area (Å²) < 4.78 is 0. The molecule has 0 spiro atoms. The van der Waals surface area contributed by atoms with E-state index in [2.05, 4.69) is 56.9 Å². The Morgan fingerprint density at radius 1 is 1.35 bits per heavy atom. The van der Waals surface area contributed by atoms with E-state index in [0.29, 0.717) is 18.1 Å². The first-order chi connectivity index (χ1) is 9.27. The van der Waals surface area contributed by atoms with E-state index in [1.165, 1.54) is 19.4 Å². The van der Waals surface area contributed by atoms with Crippen LogP contribution in [0.15, 0.2) is 0 Å². The Morgan fingerprint density at radius 2 is 2.00 bits per heavy atom. The maximum atomic E-state index is 9.73. The molecule has 1 fully saturated rings. The molecule has 1 aliphatic rings. The zero-order valence-electron chi connectivity index (χ0n) is 14.3. The van der Waals surface area contributed by atoms with Crippen molar-refractivity contribution in [1.82, 2.24) is 15.1 Å². The molecule has 3 atom stereocenters. The minimum Gasteiger partial charge on any atom is -0.394 e. The van der Waals surface area contributed by atoms with Gasteiger partial charge in [-0.2, -0.15) is 0 Å². The van der Waals surface area contributed by atoms with Crippen molar-refractivity contribution in [2.75, 3.05) is 33.8 Å². The maximum absolute atomic E-state index is 9.73. The van der Waals surface area contributed by atoms with Crippen LogP contribution in [0.25, 0.3) is 0 Å². The molecule has 4 nitrogen and oxygen atoms in total. The summed E-state index contributed by atoms with van der Waals surface area (Å²) in [6.07, 6.45) is 3.57. The fraction of sp³-hybridized carbons (Fsp3) is 1.00. The van der Waals surface area contributed by atoms with Gasteiger partial charge >= 0.3 is 0 Å². The SMILES string of the molecule is CC(C)NC(C)(CO)CC(C)N1CCCC(N(C)C)C1. The number of rotatable bonds is 7. The molecule has 20 heavy (non-hydrogen) atoms. The standard InChI is InChI=1S/C16H35N3O/c1-13(2)17-16(4,12-20)10-14(3)19-9-7-8-15(11-19)18(5)6/h13-15,17,20H,7-12H2,1-6H3. The molecule has 0 amide bonds. The topological polar surface area (TPSA) is 38.7 Å². The van der Waals surface area contributed by atoms with Gasteiger partial charge in [-0.3, -0.25) is 4.90 Å². The van der Waals surface area contributed by atoms with Gasteiger partial charge in [0.05, 0.1) is 6.61 Å². The smallest absolute Gasteiger partial charge is 0.0611 e. The third-order valence-electron chi connectivity index (χ3n) is 4.51. The number of nitrogens with one attached hydrogen (secondary N) is 1. The Labute approximate surface area is 125 Å². The fourth-order valence-electron chi connectivity index (χ4n) is 3.45. The van der Waals surface area contributed by atoms with E-state index in [4.69, 9.17) is 0 Å². The zero-order valence-corrected chi connectivity index (χ0v) is 14.3. The van der Waals surface area contributed by atoms with Crippen molar-refractivity contribution in [3.05, 3.63) is 0 Å². The Bertz CT molecular complexity index is 283. The summed E-state index contributed by atoms with van der Waals surface area (Å²) in [6.45, 7) is 11.3. The lowest BCUT2D eigenvalue weighted by Gasteiger charge is -2.42. The van der Waals surface area contributed by atoms with Crippen LogP contribution < -0.4 is 5.32 Å². The van der Waals surface area contributed by atoms with Gasteiger partial charge in [0.1, 0.15) is 0 Å². The molecular weight excluding hydrogens is 250 g/mol. The van der Waals surface area contributed by atoms with Gasteiger partial charge in [-0.25, -0.2) is 0 Å². The number of piperidine rings is 1. The summed E-state index contributed by atoms with van der Waals surface area (Å²) in [5.41, 5.74) is -0.182. The van der Waals surface area contributed by atoms with Crippen LogP contribution in [0.2, 0.25) is 0 Å². The summed E-state index contributed by atoms with van der Waals surface area (Å²) in [5, 5.41) is 13.3. The van der Waals surface area contributed by atoms with E-state index < -0.39 is 0 Å². The molecule has 0 aromatic carbocycles. The lowest BCUT2D eigenvalue weighted by atomic mass is 9.91. The highest BCUT2D eigenvalue weighted by atomic mass is 16.3. The predicted octanol–water partition coefficient (Wildman–Crippen LogP) is 1.54. The van der Waals surface area contributed by atoms with Crippen LogP contribution in [-0.4, -0.2) is 72.4 Å².